The van der Waals surface area contributed by atoms with E-state index in [1.807, 2.05) is 10.9 Å². The minimum atomic E-state index is 0.708. The summed E-state index contributed by atoms with van der Waals surface area (Å²) >= 11 is 0. The predicted molar refractivity (Wildman–Crippen MR) is 66.1 cm³/mol. The van der Waals surface area contributed by atoms with E-state index < -0.39 is 0 Å². The summed E-state index contributed by atoms with van der Waals surface area (Å²) in [6.45, 7) is 3.70. The summed E-state index contributed by atoms with van der Waals surface area (Å²) in [4.78, 5) is 0. The fraction of sp³-hybridized carbons (Fsp3) is 0.308. The van der Waals surface area contributed by atoms with Crippen molar-refractivity contribution in [2.24, 2.45) is 5.73 Å². The maximum Gasteiger partial charge on any atom is 0.0568 e. The molecule has 3 nitrogen and oxygen atoms in total. The van der Waals surface area contributed by atoms with E-state index in [-0.39, 0.29) is 0 Å². The SMILES string of the molecule is Cc1cccc(-c2cnn(CCCN)c2)c1. The quantitative estimate of drug-likeness (QED) is 0.849. The average molecular weight is 215 g/mol. The molecule has 0 atom stereocenters. The van der Waals surface area contributed by atoms with Crippen LogP contribution in [0.2, 0.25) is 0 Å². The number of hydrogen-bond donors (Lipinski definition) is 1. The van der Waals surface area contributed by atoms with Crippen LogP contribution >= 0.6 is 0 Å². The van der Waals surface area contributed by atoms with Crippen molar-refractivity contribution in [2.75, 3.05) is 6.54 Å². The highest BCUT2D eigenvalue weighted by Gasteiger charge is 2.01. The smallest absolute Gasteiger partial charge is 0.0568 e. The van der Waals surface area contributed by atoms with Gasteiger partial charge in [0, 0.05) is 18.3 Å². The Hall–Kier alpha value is -1.61. The van der Waals surface area contributed by atoms with Crippen LogP contribution in [0.4, 0.5) is 0 Å². The van der Waals surface area contributed by atoms with Gasteiger partial charge in [-0.1, -0.05) is 29.8 Å². The lowest BCUT2D eigenvalue weighted by Gasteiger charge is -1.99. The Balaban J connectivity index is 2.18. The summed E-state index contributed by atoms with van der Waals surface area (Å²) in [5, 5.41) is 4.32. The molecule has 0 aliphatic carbocycles. The number of nitrogens with zero attached hydrogens (tertiary/aromatic N) is 2. The standard InChI is InChI=1S/C13H17N3/c1-11-4-2-5-12(8-11)13-9-15-16(10-13)7-3-6-14/h2,4-5,8-10H,3,6-7,14H2,1H3. The monoisotopic (exact) mass is 215 g/mol. The maximum atomic E-state index is 5.47. The third-order valence-corrected chi connectivity index (χ3v) is 2.58. The second-order valence-corrected chi connectivity index (χ2v) is 4.00. The fourth-order valence-electron chi connectivity index (χ4n) is 1.71. The van der Waals surface area contributed by atoms with Crippen molar-refractivity contribution in [2.45, 2.75) is 19.9 Å². The summed E-state index contributed by atoms with van der Waals surface area (Å²) in [6, 6.07) is 8.45. The van der Waals surface area contributed by atoms with E-state index in [4.69, 9.17) is 5.73 Å². The molecule has 0 bridgehead atoms. The molecule has 0 aliphatic rings. The van der Waals surface area contributed by atoms with Crippen molar-refractivity contribution < 1.29 is 0 Å². The Morgan fingerprint density at radius 3 is 2.94 bits per heavy atom. The van der Waals surface area contributed by atoms with Crippen molar-refractivity contribution in [3.05, 3.63) is 42.2 Å². The third-order valence-electron chi connectivity index (χ3n) is 2.58. The van der Waals surface area contributed by atoms with Crippen LogP contribution in [0.5, 0.6) is 0 Å². The second-order valence-electron chi connectivity index (χ2n) is 4.00. The van der Waals surface area contributed by atoms with Crippen molar-refractivity contribution in [3.63, 3.8) is 0 Å². The fourth-order valence-corrected chi connectivity index (χ4v) is 1.71. The largest absolute Gasteiger partial charge is 0.330 e. The molecule has 0 amide bonds. The lowest BCUT2D eigenvalue weighted by Crippen LogP contribution is -2.05. The normalized spacial score (nSPS) is 10.6. The molecular formula is C13H17N3. The summed E-state index contributed by atoms with van der Waals surface area (Å²) in [5.74, 6) is 0. The first-order valence-corrected chi connectivity index (χ1v) is 5.59. The molecular weight excluding hydrogens is 198 g/mol. The number of hydrogen-bond acceptors (Lipinski definition) is 2. The summed E-state index contributed by atoms with van der Waals surface area (Å²) in [6.07, 6.45) is 4.95. The van der Waals surface area contributed by atoms with E-state index in [9.17, 15) is 0 Å². The molecule has 0 saturated heterocycles. The maximum absolute atomic E-state index is 5.47. The van der Waals surface area contributed by atoms with Gasteiger partial charge >= 0.3 is 0 Å². The number of nitrogens with two attached hydrogens (primary N) is 1. The van der Waals surface area contributed by atoms with Crippen LogP contribution in [0.1, 0.15) is 12.0 Å². The van der Waals surface area contributed by atoms with Gasteiger partial charge in [-0.25, -0.2) is 0 Å². The highest BCUT2D eigenvalue weighted by atomic mass is 15.3. The van der Waals surface area contributed by atoms with Crippen molar-refractivity contribution in [3.8, 4) is 11.1 Å². The zero-order chi connectivity index (χ0) is 11.4. The van der Waals surface area contributed by atoms with E-state index in [1.54, 1.807) is 0 Å². The average Bonchev–Trinajstić information content (AvgIpc) is 2.75. The Morgan fingerprint density at radius 1 is 1.31 bits per heavy atom. The minimum absolute atomic E-state index is 0.708. The second kappa shape index (κ2) is 4.94. The molecule has 16 heavy (non-hydrogen) atoms. The Labute approximate surface area is 95.9 Å². The van der Waals surface area contributed by atoms with Gasteiger partial charge in [0.25, 0.3) is 0 Å². The van der Waals surface area contributed by atoms with Crippen molar-refractivity contribution >= 4 is 0 Å². The molecule has 0 saturated carbocycles. The van der Waals surface area contributed by atoms with E-state index in [0.29, 0.717) is 6.54 Å². The van der Waals surface area contributed by atoms with Gasteiger partial charge in [0.1, 0.15) is 0 Å². The first-order chi connectivity index (χ1) is 7.79. The lowest BCUT2D eigenvalue weighted by atomic mass is 10.1. The molecule has 1 aromatic carbocycles. The van der Waals surface area contributed by atoms with Crippen LogP contribution in [0, 0.1) is 6.92 Å². The van der Waals surface area contributed by atoms with E-state index in [1.165, 1.54) is 16.7 Å². The Bertz CT molecular complexity index is 460. The van der Waals surface area contributed by atoms with Gasteiger partial charge in [-0.3, -0.25) is 4.68 Å². The van der Waals surface area contributed by atoms with Gasteiger partial charge in [-0.15, -0.1) is 0 Å². The topological polar surface area (TPSA) is 43.8 Å². The molecule has 0 aliphatic heterocycles. The molecule has 2 rings (SSSR count). The van der Waals surface area contributed by atoms with Crippen LogP contribution in [-0.2, 0) is 6.54 Å². The molecule has 1 aromatic heterocycles. The first-order valence-electron chi connectivity index (χ1n) is 5.59. The van der Waals surface area contributed by atoms with Gasteiger partial charge in [-0.2, -0.15) is 5.10 Å². The van der Waals surface area contributed by atoms with Crippen LogP contribution in [-0.4, -0.2) is 16.3 Å². The van der Waals surface area contributed by atoms with Gasteiger partial charge < -0.3 is 5.73 Å². The molecule has 0 spiro atoms. The predicted octanol–water partition coefficient (Wildman–Crippen LogP) is 2.21. The first kappa shape index (κ1) is 10.9. The number of rotatable bonds is 4. The summed E-state index contributed by atoms with van der Waals surface area (Å²) in [7, 11) is 0. The minimum Gasteiger partial charge on any atom is -0.330 e. The third kappa shape index (κ3) is 2.49. The number of aromatic nitrogens is 2. The summed E-state index contributed by atoms with van der Waals surface area (Å²) in [5.41, 5.74) is 9.13. The zero-order valence-corrected chi connectivity index (χ0v) is 9.56. The molecule has 0 radical (unpaired) electrons. The molecule has 2 aromatic rings. The van der Waals surface area contributed by atoms with Crippen molar-refractivity contribution in [1.82, 2.24) is 9.78 Å². The Morgan fingerprint density at radius 2 is 2.19 bits per heavy atom. The molecule has 3 heteroatoms. The van der Waals surface area contributed by atoms with E-state index >= 15 is 0 Å². The van der Waals surface area contributed by atoms with Crippen LogP contribution in [0.25, 0.3) is 11.1 Å². The molecule has 2 N–H and O–H groups in total. The van der Waals surface area contributed by atoms with Gasteiger partial charge in [0.15, 0.2) is 0 Å². The molecule has 1 heterocycles. The number of aryl methyl sites for hydroxylation is 2. The highest BCUT2D eigenvalue weighted by Crippen LogP contribution is 2.19. The van der Waals surface area contributed by atoms with Gasteiger partial charge in [0.05, 0.1) is 6.20 Å². The molecule has 0 fully saturated rings. The van der Waals surface area contributed by atoms with Gasteiger partial charge in [0.2, 0.25) is 0 Å². The summed E-state index contributed by atoms with van der Waals surface area (Å²) < 4.78 is 1.95. The van der Waals surface area contributed by atoms with Crippen LogP contribution < -0.4 is 5.73 Å². The highest BCUT2D eigenvalue weighted by molar-refractivity contribution is 5.62. The molecule has 0 unspecified atom stereocenters. The molecule has 84 valence electrons. The van der Waals surface area contributed by atoms with Gasteiger partial charge in [-0.05, 0) is 25.5 Å². The van der Waals surface area contributed by atoms with Crippen LogP contribution in [0.15, 0.2) is 36.7 Å². The van der Waals surface area contributed by atoms with E-state index in [0.717, 1.165) is 13.0 Å². The number of benzene rings is 1. The van der Waals surface area contributed by atoms with Crippen molar-refractivity contribution in [1.29, 1.82) is 0 Å². The zero-order valence-electron chi connectivity index (χ0n) is 9.56. The van der Waals surface area contributed by atoms with Crippen LogP contribution in [0.3, 0.4) is 0 Å². The Kier molecular flexibility index (Phi) is 3.37. The lowest BCUT2D eigenvalue weighted by molar-refractivity contribution is 0.585. The van der Waals surface area contributed by atoms with E-state index in [2.05, 4.69) is 42.5 Å².